The smallest absolute Gasteiger partial charge is 0.217 e. The van der Waals surface area contributed by atoms with E-state index in [9.17, 15) is 4.79 Å². The minimum absolute atomic E-state index is 0.0317. The van der Waals surface area contributed by atoms with Gasteiger partial charge in [-0.25, -0.2) is 4.98 Å². The predicted molar refractivity (Wildman–Crippen MR) is 99.2 cm³/mol. The predicted octanol–water partition coefficient (Wildman–Crippen LogP) is 2.05. The molecular formula is C19H24N4O2. The molecule has 1 fully saturated rings. The number of benzene rings is 1. The zero-order valence-corrected chi connectivity index (χ0v) is 14.7. The zero-order chi connectivity index (χ0) is 17.6. The second kappa shape index (κ2) is 7.88. The standard InChI is InChI=1S/C19H24N4O2/c1-15(24)21-14-16-6-5-9-20-19(16)23-12-10-22(11-13-23)17-7-3-4-8-18(17)25-2/h3-9H,10-14H2,1-2H3,(H,21,24). The van der Waals surface area contributed by atoms with Gasteiger partial charge >= 0.3 is 0 Å². The van der Waals surface area contributed by atoms with Gasteiger partial charge in [0, 0.05) is 51.4 Å². The molecule has 2 aromatic rings. The quantitative estimate of drug-likeness (QED) is 0.903. The lowest BCUT2D eigenvalue weighted by molar-refractivity contribution is -0.119. The Hall–Kier alpha value is -2.76. The van der Waals surface area contributed by atoms with E-state index in [1.165, 1.54) is 6.92 Å². The van der Waals surface area contributed by atoms with Crippen LogP contribution >= 0.6 is 0 Å². The van der Waals surface area contributed by atoms with E-state index in [-0.39, 0.29) is 5.91 Å². The van der Waals surface area contributed by atoms with E-state index < -0.39 is 0 Å². The molecule has 0 atom stereocenters. The first-order valence-corrected chi connectivity index (χ1v) is 8.50. The molecule has 6 nitrogen and oxygen atoms in total. The maximum Gasteiger partial charge on any atom is 0.217 e. The number of nitrogens with zero attached hydrogens (tertiary/aromatic N) is 3. The van der Waals surface area contributed by atoms with Crippen LogP contribution in [0.3, 0.4) is 0 Å². The van der Waals surface area contributed by atoms with E-state index in [0.717, 1.165) is 49.0 Å². The van der Waals surface area contributed by atoms with Crippen LogP contribution in [0.5, 0.6) is 5.75 Å². The SMILES string of the molecule is COc1ccccc1N1CCN(c2ncccc2CNC(C)=O)CC1. The summed E-state index contributed by atoms with van der Waals surface area (Å²) in [6, 6.07) is 12.0. The number of hydrogen-bond acceptors (Lipinski definition) is 5. The molecule has 0 saturated carbocycles. The van der Waals surface area contributed by atoms with Crippen molar-refractivity contribution < 1.29 is 9.53 Å². The van der Waals surface area contributed by atoms with Crippen LogP contribution in [0.2, 0.25) is 0 Å². The van der Waals surface area contributed by atoms with E-state index >= 15 is 0 Å². The van der Waals surface area contributed by atoms with Gasteiger partial charge in [-0.3, -0.25) is 4.79 Å². The first kappa shape index (κ1) is 17.1. The molecular weight excluding hydrogens is 316 g/mol. The summed E-state index contributed by atoms with van der Waals surface area (Å²) in [6.07, 6.45) is 1.80. The molecule has 25 heavy (non-hydrogen) atoms. The summed E-state index contributed by atoms with van der Waals surface area (Å²) in [5.41, 5.74) is 2.17. The fourth-order valence-corrected chi connectivity index (χ4v) is 3.12. The molecule has 1 saturated heterocycles. The van der Waals surface area contributed by atoms with Crippen molar-refractivity contribution in [2.24, 2.45) is 0 Å². The Morgan fingerprint density at radius 2 is 1.84 bits per heavy atom. The Bertz CT molecular complexity index is 727. The van der Waals surface area contributed by atoms with E-state index in [1.807, 2.05) is 30.3 Å². The van der Waals surface area contributed by atoms with Gasteiger partial charge in [0.25, 0.3) is 0 Å². The van der Waals surface area contributed by atoms with Crippen molar-refractivity contribution in [1.82, 2.24) is 10.3 Å². The van der Waals surface area contributed by atoms with Crippen LogP contribution in [-0.2, 0) is 11.3 Å². The van der Waals surface area contributed by atoms with Gasteiger partial charge in [0.05, 0.1) is 12.8 Å². The molecule has 0 radical (unpaired) electrons. The summed E-state index contributed by atoms with van der Waals surface area (Å²) in [5, 5.41) is 2.86. The molecule has 1 aromatic carbocycles. The highest BCUT2D eigenvalue weighted by atomic mass is 16.5. The molecule has 0 bridgehead atoms. The maximum absolute atomic E-state index is 11.2. The van der Waals surface area contributed by atoms with Crippen molar-refractivity contribution in [1.29, 1.82) is 0 Å². The van der Waals surface area contributed by atoms with Crippen LogP contribution < -0.4 is 19.9 Å². The number of methoxy groups -OCH3 is 1. The highest BCUT2D eigenvalue weighted by Gasteiger charge is 2.21. The number of carbonyl (C=O) groups excluding carboxylic acids is 1. The molecule has 3 rings (SSSR count). The third-order valence-electron chi connectivity index (χ3n) is 4.40. The average Bonchev–Trinajstić information content (AvgIpc) is 2.66. The largest absolute Gasteiger partial charge is 0.495 e. The average molecular weight is 340 g/mol. The van der Waals surface area contributed by atoms with Crippen molar-refractivity contribution in [3.05, 3.63) is 48.2 Å². The number of pyridine rings is 1. The number of anilines is 2. The fourth-order valence-electron chi connectivity index (χ4n) is 3.12. The molecule has 1 N–H and O–H groups in total. The van der Waals surface area contributed by atoms with Gasteiger partial charge in [0.1, 0.15) is 11.6 Å². The van der Waals surface area contributed by atoms with Gasteiger partial charge in [-0.05, 0) is 18.2 Å². The molecule has 1 amide bonds. The van der Waals surface area contributed by atoms with Crippen LogP contribution in [0.25, 0.3) is 0 Å². The third-order valence-corrected chi connectivity index (χ3v) is 4.40. The van der Waals surface area contributed by atoms with E-state index in [2.05, 4.69) is 26.2 Å². The number of hydrogen-bond donors (Lipinski definition) is 1. The van der Waals surface area contributed by atoms with Crippen molar-refractivity contribution in [2.75, 3.05) is 43.1 Å². The molecule has 0 unspecified atom stereocenters. The van der Waals surface area contributed by atoms with Crippen LogP contribution in [-0.4, -0.2) is 44.2 Å². The molecule has 1 aliphatic rings. The van der Waals surface area contributed by atoms with Gasteiger partial charge < -0.3 is 19.9 Å². The molecule has 6 heteroatoms. The Kier molecular flexibility index (Phi) is 5.38. The minimum Gasteiger partial charge on any atom is -0.495 e. The molecule has 1 aliphatic heterocycles. The molecule has 0 spiro atoms. The Morgan fingerprint density at radius 1 is 1.12 bits per heavy atom. The molecule has 0 aliphatic carbocycles. The number of amides is 1. The van der Waals surface area contributed by atoms with Crippen molar-refractivity contribution in [2.45, 2.75) is 13.5 Å². The highest BCUT2D eigenvalue weighted by Crippen LogP contribution is 2.29. The van der Waals surface area contributed by atoms with Gasteiger partial charge in [-0.15, -0.1) is 0 Å². The zero-order valence-electron chi connectivity index (χ0n) is 14.7. The summed E-state index contributed by atoms with van der Waals surface area (Å²) in [5.74, 6) is 1.83. The Morgan fingerprint density at radius 3 is 2.56 bits per heavy atom. The second-order valence-corrected chi connectivity index (χ2v) is 6.04. The maximum atomic E-state index is 11.2. The number of ether oxygens (including phenoxy) is 1. The number of piperazine rings is 1. The van der Waals surface area contributed by atoms with Gasteiger partial charge in [-0.1, -0.05) is 18.2 Å². The fraction of sp³-hybridized carbons (Fsp3) is 0.368. The topological polar surface area (TPSA) is 57.7 Å². The lowest BCUT2D eigenvalue weighted by Crippen LogP contribution is -2.47. The summed E-state index contributed by atoms with van der Waals surface area (Å²) in [6.45, 7) is 5.59. The van der Waals surface area contributed by atoms with E-state index in [0.29, 0.717) is 6.54 Å². The van der Waals surface area contributed by atoms with Crippen LogP contribution in [0.15, 0.2) is 42.6 Å². The number of nitrogens with one attached hydrogen (secondary N) is 1. The number of carbonyl (C=O) groups is 1. The summed E-state index contributed by atoms with van der Waals surface area (Å²) < 4.78 is 5.48. The second-order valence-electron chi connectivity index (χ2n) is 6.04. The van der Waals surface area contributed by atoms with Gasteiger partial charge in [0.2, 0.25) is 5.91 Å². The number of rotatable bonds is 5. The first-order valence-electron chi connectivity index (χ1n) is 8.50. The third kappa shape index (κ3) is 4.02. The Labute approximate surface area is 148 Å². The van der Waals surface area contributed by atoms with Crippen LogP contribution in [0, 0.1) is 0 Å². The minimum atomic E-state index is -0.0317. The lowest BCUT2D eigenvalue weighted by Gasteiger charge is -2.37. The highest BCUT2D eigenvalue weighted by molar-refractivity contribution is 5.73. The lowest BCUT2D eigenvalue weighted by atomic mass is 10.2. The molecule has 2 heterocycles. The number of para-hydroxylation sites is 2. The van der Waals surface area contributed by atoms with Gasteiger partial charge in [0.15, 0.2) is 0 Å². The van der Waals surface area contributed by atoms with Crippen molar-refractivity contribution in [3.8, 4) is 5.75 Å². The summed E-state index contributed by atoms with van der Waals surface area (Å²) >= 11 is 0. The summed E-state index contributed by atoms with van der Waals surface area (Å²) in [4.78, 5) is 20.4. The van der Waals surface area contributed by atoms with Crippen LogP contribution in [0.1, 0.15) is 12.5 Å². The first-order chi connectivity index (χ1) is 12.2. The monoisotopic (exact) mass is 340 g/mol. The Balaban J connectivity index is 1.69. The number of aromatic nitrogens is 1. The van der Waals surface area contributed by atoms with Crippen molar-refractivity contribution >= 4 is 17.4 Å². The van der Waals surface area contributed by atoms with Crippen molar-refractivity contribution in [3.63, 3.8) is 0 Å². The molecule has 132 valence electrons. The van der Waals surface area contributed by atoms with E-state index in [4.69, 9.17) is 4.74 Å². The van der Waals surface area contributed by atoms with E-state index in [1.54, 1.807) is 13.3 Å². The van der Waals surface area contributed by atoms with Gasteiger partial charge in [-0.2, -0.15) is 0 Å². The van der Waals surface area contributed by atoms with Crippen LogP contribution in [0.4, 0.5) is 11.5 Å². The normalized spacial score (nSPS) is 14.3. The summed E-state index contributed by atoms with van der Waals surface area (Å²) in [7, 11) is 1.71. The molecule has 1 aromatic heterocycles.